The van der Waals surface area contributed by atoms with E-state index < -0.39 is 27.9 Å². The third-order valence-electron chi connectivity index (χ3n) is 4.27. The molecule has 1 unspecified atom stereocenters. The summed E-state index contributed by atoms with van der Waals surface area (Å²) in [6.45, 7) is 0. The Bertz CT molecular complexity index is 955. The number of anilines is 3. The summed E-state index contributed by atoms with van der Waals surface area (Å²) in [5.74, 6) is -1.06. The second kappa shape index (κ2) is 6.43. The third-order valence-corrected chi connectivity index (χ3v) is 6.15. The van der Waals surface area contributed by atoms with Crippen LogP contribution in [0.2, 0.25) is 0 Å². The fourth-order valence-corrected chi connectivity index (χ4v) is 4.08. The summed E-state index contributed by atoms with van der Waals surface area (Å²) < 4.78 is 26.4. The highest BCUT2D eigenvalue weighted by molar-refractivity contribution is 7.89. The van der Waals surface area contributed by atoms with Gasteiger partial charge in [0, 0.05) is 18.4 Å². The van der Waals surface area contributed by atoms with Crippen molar-refractivity contribution in [2.24, 2.45) is 0 Å². The summed E-state index contributed by atoms with van der Waals surface area (Å²) in [4.78, 5) is 26.0. The highest BCUT2D eigenvalue weighted by Gasteiger charge is 2.45. The minimum absolute atomic E-state index is 0.000355. The molecule has 1 aliphatic heterocycles. The average Bonchev–Trinajstić information content (AvgIpc) is 2.90. The van der Waals surface area contributed by atoms with Gasteiger partial charge in [0.25, 0.3) is 5.91 Å². The lowest BCUT2D eigenvalue weighted by molar-refractivity contribution is -0.122. The lowest BCUT2D eigenvalue weighted by atomic mass is 10.2. The Morgan fingerprint density at radius 1 is 0.962 bits per heavy atom. The number of nitrogen functional groups attached to an aromatic ring is 2. The summed E-state index contributed by atoms with van der Waals surface area (Å²) in [5.41, 5.74) is 12.5. The Kier molecular flexibility index (Phi) is 4.43. The van der Waals surface area contributed by atoms with Crippen LogP contribution in [0.3, 0.4) is 0 Å². The molecule has 0 spiro atoms. The van der Waals surface area contributed by atoms with Crippen molar-refractivity contribution in [3.05, 3.63) is 48.5 Å². The Morgan fingerprint density at radius 3 is 2.00 bits per heavy atom. The largest absolute Gasteiger partial charge is 0.399 e. The molecule has 1 saturated heterocycles. The zero-order valence-corrected chi connectivity index (χ0v) is 14.8. The summed E-state index contributed by atoms with van der Waals surface area (Å²) >= 11 is 0. The summed E-state index contributed by atoms with van der Waals surface area (Å²) in [6.07, 6.45) is -0.228. The lowest BCUT2D eigenvalue weighted by Gasteiger charge is -2.22. The molecule has 0 bridgehead atoms. The van der Waals surface area contributed by atoms with Crippen LogP contribution in [0, 0.1) is 0 Å². The van der Waals surface area contributed by atoms with Crippen LogP contribution in [0.25, 0.3) is 0 Å². The zero-order chi connectivity index (χ0) is 19.1. The van der Waals surface area contributed by atoms with E-state index in [2.05, 4.69) is 0 Å². The molecule has 0 aliphatic carbocycles. The normalized spacial score (nSPS) is 17.9. The van der Waals surface area contributed by atoms with Gasteiger partial charge in [-0.25, -0.2) is 13.3 Å². The molecule has 9 heteroatoms. The van der Waals surface area contributed by atoms with Crippen molar-refractivity contribution in [2.45, 2.75) is 17.4 Å². The summed E-state index contributed by atoms with van der Waals surface area (Å²) in [6, 6.07) is 10.8. The topological polar surface area (TPSA) is 127 Å². The molecule has 2 aromatic carbocycles. The molecule has 8 nitrogen and oxygen atoms in total. The Morgan fingerprint density at radius 2 is 1.46 bits per heavy atom. The number of hydrogen-bond acceptors (Lipinski definition) is 6. The smallest absolute Gasteiger partial charge is 0.252 e. The number of nitrogens with two attached hydrogens (primary N) is 2. The Hall–Kier alpha value is -2.91. The van der Waals surface area contributed by atoms with Gasteiger partial charge in [0.2, 0.25) is 15.9 Å². The Labute approximate surface area is 151 Å². The van der Waals surface area contributed by atoms with Crippen LogP contribution in [0.5, 0.6) is 0 Å². The van der Waals surface area contributed by atoms with Crippen LogP contribution in [-0.4, -0.2) is 37.6 Å². The van der Waals surface area contributed by atoms with Gasteiger partial charge in [0.15, 0.2) is 0 Å². The van der Waals surface area contributed by atoms with Gasteiger partial charge in [0.1, 0.15) is 6.04 Å². The van der Waals surface area contributed by atoms with E-state index in [9.17, 15) is 18.0 Å². The number of benzene rings is 2. The number of likely N-dealkylation sites (N-methyl/N-ethyl adjacent to an activating group) is 1. The van der Waals surface area contributed by atoms with E-state index in [4.69, 9.17) is 11.5 Å². The molecular formula is C17H18N4O4S. The van der Waals surface area contributed by atoms with Crippen molar-refractivity contribution in [3.8, 4) is 0 Å². The maximum atomic E-state index is 12.8. The fraction of sp³-hybridized carbons (Fsp3) is 0.176. The Balaban J connectivity index is 1.90. The number of nitrogens with zero attached hydrogens (tertiary/aromatic N) is 2. The number of carbonyl (C=O) groups is 2. The minimum atomic E-state index is -3.95. The summed E-state index contributed by atoms with van der Waals surface area (Å²) in [7, 11) is -2.66. The van der Waals surface area contributed by atoms with Gasteiger partial charge in [-0.15, -0.1) is 0 Å². The quantitative estimate of drug-likeness (QED) is 0.602. The molecule has 1 atom stereocenters. The average molecular weight is 374 g/mol. The van der Waals surface area contributed by atoms with Crippen molar-refractivity contribution < 1.29 is 18.0 Å². The van der Waals surface area contributed by atoms with Crippen LogP contribution in [0.15, 0.2) is 53.4 Å². The number of hydrogen-bond donors (Lipinski definition) is 2. The van der Waals surface area contributed by atoms with E-state index in [1.54, 1.807) is 24.3 Å². The van der Waals surface area contributed by atoms with Crippen molar-refractivity contribution in [1.82, 2.24) is 4.31 Å². The maximum Gasteiger partial charge on any atom is 0.252 e. The van der Waals surface area contributed by atoms with Crippen LogP contribution in [0.4, 0.5) is 17.1 Å². The van der Waals surface area contributed by atoms with Crippen LogP contribution in [-0.2, 0) is 19.6 Å². The number of sulfonamides is 1. The highest BCUT2D eigenvalue weighted by atomic mass is 32.2. The molecule has 1 aliphatic rings. The number of amides is 2. The van der Waals surface area contributed by atoms with Gasteiger partial charge in [-0.3, -0.25) is 9.59 Å². The van der Waals surface area contributed by atoms with E-state index in [1.165, 1.54) is 31.3 Å². The van der Waals surface area contributed by atoms with Crippen LogP contribution < -0.4 is 16.4 Å². The number of carbonyl (C=O) groups excluding carboxylic acids is 2. The van der Waals surface area contributed by atoms with Crippen LogP contribution in [0.1, 0.15) is 6.42 Å². The molecule has 2 aromatic rings. The molecule has 1 heterocycles. The molecule has 0 saturated carbocycles. The van der Waals surface area contributed by atoms with Crippen molar-refractivity contribution in [2.75, 3.05) is 23.4 Å². The lowest BCUT2D eigenvalue weighted by Crippen LogP contribution is -2.43. The van der Waals surface area contributed by atoms with E-state index in [-0.39, 0.29) is 11.3 Å². The molecular weight excluding hydrogens is 356 g/mol. The van der Waals surface area contributed by atoms with Gasteiger partial charge < -0.3 is 11.5 Å². The van der Waals surface area contributed by atoms with Gasteiger partial charge in [-0.2, -0.15) is 4.31 Å². The molecule has 136 valence electrons. The standard InChI is InChI=1S/C17H18N4O4S/c1-20(26(24,25)14-8-4-12(19)5-9-14)15-10-16(22)21(17(15)23)13-6-2-11(18)3-7-13/h2-9,15H,10,18-19H2,1H3. The minimum Gasteiger partial charge on any atom is -0.399 e. The zero-order valence-electron chi connectivity index (χ0n) is 14.0. The number of imide groups is 1. The predicted octanol–water partition coefficient (Wildman–Crippen LogP) is 0.804. The van der Waals surface area contributed by atoms with Crippen molar-refractivity contribution in [1.29, 1.82) is 0 Å². The molecule has 26 heavy (non-hydrogen) atoms. The maximum absolute atomic E-state index is 12.8. The molecule has 4 N–H and O–H groups in total. The highest BCUT2D eigenvalue weighted by Crippen LogP contribution is 2.28. The van der Waals surface area contributed by atoms with Crippen LogP contribution >= 0.6 is 0 Å². The van der Waals surface area contributed by atoms with Gasteiger partial charge >= 0.3 is 0 Å². The molecule has 2 amide bonds. The van der Waals surface area contributed by atoms with Gasteiger partial charge in [-0.05, 0) is 48.5 Å². The summed E-state index contributed by atoms with van der Waals surface area (Å²) in [5, 5.41) is 0. The monoisotopic (exact) mass is 374 g/mol. The predicted molar refractivity (Wildman–Crippen MR) is 97.6 cm³/mol. The van der Waals surface area contributed by atoms with E-state index >= 15 is 0 Å². The first-order chi connectivity index (χ1) is 12.2. The van der Waals surface area contributed by atoms with Gasteiger partial charge in [0.05, 0.1) is 17.0 Å². The molecule has 0 radical (unpaired) electrons. The third kappa shape index (κ3) is 3.02. The first-order valence-electron chi connectivity index (χ1n) is 7.78. The molecule has 1 fully saturated rings. The van der Waals surface area contributed by atoms with Gasteiger partial charge in [-0.1, -0.05) is 0 Å². The first-order valence-corrected chi connectivity index (χ1v) is 9.22. The SMILES string of the molecule is CN(C1CC(=O)N(c2ccc(N)cc2)C1=O)S(=O)(=O)c1ccc(N)cc1. The van der Waals surface area contributed by atoms with Crippen molar-refractivity contribution in [3.63, 3.8) is 0 Å². The van der Waals surface area contributed by atoms with Crippen molar-refractivity contribution >= 4 is 38.9 Å². The number of rotatable bonds is 4. The van der Waals surface area contributed by atoms with E-state index in [0.29, 0.717) is 17.1 Å². The second-order valence-electron chi connectivity index (χ2n) is 5.97. The molecule has 3 rings (SSSR count). The van der Waals surface area contributed by atoms with E-state index in [0.717, 1.165) is 9.21 Å². The second-order valence-corrected chi connectivity index (χ2v) is 7.97. The molecule has 0 aromatic heterocycles. The first kappa shape index (κ1) is 17.9. The van der Waals surface area contributed by atoms with E-state index in [1.807, 2.05) is 0 Å². The fourth-order valence-electron chi connectivity index (χ4n) is 2.77.